The number of carbonyl (C=O) groups is 2. The smallest absolute Gasteiger partial charge is 0.414 e. The summed E-state index contributed by atoms with van der Waals surface area (Å²) in [5.74, 6) is -2.32. The van der Waals surface area contributed by atoms with Gasteiger partial charge in [0, 0.05) is 5.69 Å². The fourth-order valence-electron chi connectivity index (χ4n) is 2.99. The molecule has 1 saturated heterocycles. The minimum atomic E-state index is -3.24. The average Bonchev–Trinajstić information content (AvgIpc) is 3.03. The molecule has 0 radical (unpaired) electrons. The van der Waals surface area contributed by atoms with E-state index in [2.05, 4.69) is 10.6 Å². The molecule has 0 aliphatic carbocycles. The number of thiocarbonyl (C=S) groups is 1. The van der Waals surface area contributed by atoms with E-state index >= 15 is 0 Å². The lowest BCUT2D eigenvalue weighted by Gasteiger charge is -2.15. The molecule has 174 valence electrons. The van der Waals surface area contributed by atoms with E-state index in [1.54, 1.807) is 6.92 Å². The lowest BCUT2D eigenvalue weighted by molar-refractivity contribution is -0.126. The average molecular weight is 480 g/mol. The molecule has 2 amide bonds. The van der Waals surface area contributed by atoms with E-state index < -0.39 is 35.8 Å². The highest BCUT2D eigenvalue weighted by molar-refractivity contribution is 7.80. The predicted molar refractivity (Wildman–Crippen MR) is 121 cm³/mol. The van der Waals surface area contributed by atoms with Crippen molar-refractivity contribution >= 4 is 52.0 Å². The molecular weight excluding hydrogens is 461 g/mol. The summed E-state index contributed by atoms with van der Waals surface area (Å²) in [6, 6.07) is 8.63. The molecule has 1 heterocycles. The van der Waals surface area contributed by atoms with Crippen molar-refractivity contribution in [3.63, 3.8) is 0 Å². The maximum atomic E-state index is 14.8. The quantitative estimate of drug-likeness (QED) is 0.523. The van der Waals surface area contributed by atoms with Crippen molar-refractivity contribution < 1.29 is 27.5 Å². The van der Waals surface area contributed by atoms with Gasteiger partial charge in [-0.25, -0.2) is 9.18 Å². The third-order valence-corrected chi connectivity index (χ3v) is 4.69. The lowest BCUT2D eigenvalue weighted by atomic mass is 10.2. The Labute approximate surface area is 191 Å². The minimum absolute atomic E-state index is 0.0760. The number of rotatable bonds is 7. The molecule has 1 atom stereocenters. The Kier molecular flexibility index (Phi) is 7.48. The van der Waals surface area contributed by atoms with Crippen LogP contribution in [0.3, 0.4) is 0 Å². The maximum absolute atomic E-state index is 14.8. The van der Waals surface area contributed by atoms with Gasteiger partial charge >= 0.3 is 12.5 Å². The molecule has 2 aromatic rings. The second kappa shape index (κ2) is 10.3. The Morgan fingerprint density at radius 2 is 1.97 bits per heavy atom. The lowest BCUT2D eigenvalue weighted by Crippen LogP contribution is -2.32. The molecule has 8 nitrogen and oxygen atoms in total. The summed E-state index contributed by atoms with van der Waals surface area (Å²) < 4.78 is 45.0. The zero-order valence-corrected chi connectivity index (χ0v) is 18.0. The number of halogens is 3. The van der Waals surface area contributed by atoms with Crippen LogP contribution in [0.2, 0.25) is 0 Å². The fourth-order valence-corrected chi connectivity index (χ4v) is 3.07. The topological polar surface area (TPSA) is 99.8 Å². The summed E-state index contributed by atoms with van der Waals surface area (Å²) in [4.78, 5) is 37.4. The molecule has 3 rings (SSSR count). The number of nitrogens with zero attached hydrogens (tertiary/aromatic N) is 1. The molecule has 2 aromatic carbocycles. The Hall–Kier alpha value is -3.67. The van der Waals surface area contributed by atoms with Crippen molar-refractivity contribution in [3.05, 3.63) is 58.5 Å². The highest BCUT2D eigenvalue weighted by Gasteiger charge is 2.32. The molecule has 0 aromatic heterocycles. The van der Waals surface area contributed by atoms with Crippen LogP contribution in [0.1, 0.15) is 6.92 Å². The maximum Gasteiger partial charge on any atom is 0.414 e. The number of hydrogen-bond acceptors (Lipinski definition) is 6. The number of amides is 2. The van der Waals surface area contributed by atoms with Gasteiger partial charge in [0.15, 0.2) is 0 Å². The predicted octanol–water partition coefficient (Wildman–Crippen LogP) is 3.40. The summed E-state index contributed by atoms with van der Waals surface area (Å²) in [6.07, 6.45) is -4.35. The normalized spacial score (nSPS) is 15.2. The van der Waals surface area contributed by atoms with Crippen LogP contribution in [0.15, 0.2) is 47.3 Å². The van der Waals surface area contributed by atoms with Gasteiger partial charge < -0.3 is 20.7 Å². The first-order chi connectivity index (χ1) is 15.6. The highest BCUT2D eigenvalue weighted by atomic mass is 32.1. The molecule has 1 aliphatic rings. The van der Waals surface area contributed by atoms with E-state index in [0.29, 0.717) is 11.5 Å². The van der Waals surface area contributed by atoms with E-state index in [1.807, 2.05) is 5.32 Å². The second-order valence-electron chi connectivity index (χ2n) is 7.04. The molecule has 33 heavy (non-hydrogen) atoms. The molecule has 0 spiro atoms. The third-order valence-electron chi connectivity index (χ3n) is 4.54. The van der Waals surface area contributed by atoms with E-state index in [9.17, 15) is 27.6 Å². The number of nitrogens with one attached hydrogen (secondary N) is 3. The van der Waals surface area contributed by atoms with Gasteiger partial charge in [-0.05, 0) is 43.3 Å². The Morgan fingerprint density at radius 1 is 1.21 bits per heavy atom. The molecule has 0 bridgehead atoms. The number of carbonyl (C=O) groups excluding carboxylic acids is 2. The molecule has 3 N–H and O–H groups in total. The van der Waals surface area contributed by atoms with Gasteiger partial charge in [-0.1, -0.05) is 18.3 Å². The fraction of sp³-hybridized carbons (Fsp3) is 0.238. The summed E-state index contributed by atoms with van der Waals surface area (Å²) >= 11 is 4.93. The van der Waals surface area contributed by atoms with Crippen LogP contribution < -0.4 is 26.3 Å². The van der Waals surface area contributed by atoms with E-state index in [-0.39, 0.29) is 29.3 Å². The first-order valence-electron chi connectivity index (χ1n) is 9.66. The summed E-state index contributed by atoms with van der Waals surface area (Å²) in [7, 11) is 0. The zero-order chi connectivity index (χ0) is 24.1. The van der Waals surface area contributed by atoms with E-state index in [4.69, 9.17) is 17.0 Å². The van der Waals surface area contributed by atoms with Gasteiger partial charge in [-0.3, -0.25) is 14.5 Å². The number of alkyl halides is 2. The number of anilines is 4. The molecule has 1 aliphatic heterocycles. The monoisotopic (exact) mass is 480 g/mol. The van der Waals surface area contributed by atoms with Crippen molar-refractivity contribution in [3.8, 4) is 0 Å². The van der Waals surface area contributed by atoms with Crippen molar-refractivity contribution in [2.75, 3.05) is 28.6 Å². The van der Waals surface area contributed by atoms with Gasteiger partial charge in [-0.2, -0.15) is 8.78 Å². The Morgan fingerprint density at radius 3 is 2.64 bits per heavy atom. The number of ether oxygens (including phenoxy) is 1. The molecule has 1 fully saturated rings. The number of hydrogen-bond donors (Lipinski definition) is 3. The van der Waals surface area contributed by atoms with Gasteiger partial charge in [0.1, 0.15) is 11.9 Å². The van der Waals surface area contributed by atoms with E-state index in [1.165, 1.54) is 29.2 Å². The highest BCUT2D eigenvalue weighted by Crippen LogP contribution is 2.27. The Balaban J connectivity index is 1.78. The van der Waals surface area contributed by atoms with Crippen LogP contribution >= 0.6 is 12.2 Å². The van der Waals surface area contributed by atoms with Crippen LogP contribution in [-0.2, 0) is 9.53 Å². The van der Waals surface area contributed by atoms with Gasteiger partial charge in [0.05, 0.1) is 35.1 Å². The van der Waals surface area contributed by atoms with Crippen molar-refractivity contribution in [2.45, 2.75) is 19.5 Å². The summed E-state index contributed by atoms with van der Waals surface area (Å²) in [6.45, 7) is 2.20. The SMILES string of the molecule is CC(=S)NC[C@H]1CN(c2ccc(Nc3cc(NC(=O)C(F)F)cccc3=O)c(F)c2)C(=O)O1. The summed E-state index contributed by atoms with van der Waals surface area (Å²) in [5.41, 5.74) is -0.652. The van der Waals surface area contributed by atoms with Crippen LogP contribution in [0, 0.1) is 5.82 Å². The van der Waals surface area contributed by atoms with Crippen LogP contribution in [0.5, 0.6) is 0 Å². The van der Waals surface area contributed by atoms with Gasteiger partial charge in [0.25, 0.3) is 5.91 Å². The van der Waals surface area contributed by atoms with Crippen molar-refractivity contribution in [2.24, 2.45) is 0 Å². The number of benzene rings is 1. The summed E-state index contributed by atoms with van der Waals surface area (Å²) in [5, 5.41) is 7.46. The molecular formula is C21H19F3N4O4S. The first kappa shape index (κ1) is 24.0. The van der Waals surface area contributed by atoms with Crippen LogP contribution in [0.4, 0.5) is 40.7 Å². The number of cyclic esters (lactones) is 1. The van der Waals surface area contributed by atoms with Crippen molar-refractivity contribution in [1.82, 2.24) is 5.32 Å². The zero-order valence-electron chi connectivity index (χ0n) is 17.2. The molecule has 0 unspecified atom stereocenters. The minimum Gasteiger partial charge on any atom is -0.442 e. The van der Waals surface area contributed by atoms with Crippen LogP contribution in [0.25, 0.3) is 0 Å². The standard InChI is InChI=1S/C21H19F3N4O4S/c1-11(33)25-9-14-10-28(21(31)32-14)13-5-6-16(15(22)8-13)27-17-7-12(3-2-4-18(17)29)26-20(30)19(23)24/h2-8,14,19H,9-10H2,1H3,(H,25,33)(H,26,30)(H,27,29)/t14-/m0/s1. The largest absolute Gasteiger partial charge is 0.442 e. The van der Waals surface area contributed by atoms with Crippen LogP contribution in [-0.4, -0.2) is 42.6 Å². The second-order valence-corrected chi connectivity index (χ2v) is 7.65. The van der Waals surface area contributed by atoms with Gasteiger partial charge in [-0.15, -0.1) is 0 Å². The van der Waals surface area contributed by atoms with Crippen molar-refractivity contribution in [1.29, 1.82) is 0 Å². The van der Waals surface area contributed by atoms with E-state index in [0.717, 1.165) is 18.2 Å². The van der Waals surface area contributed by atoms with Gasteiger partial charge in [0.2, 0.25) is 5.43 Å². The molecule has 0 saturated carbocycles. The third kappa shape index (κ3) is 6.19. The first-order valence-corrected chi connectivity index (χ1v) is 10.1. The Bertz CT molecular complexity index is 1150. The molecule has 12 heteroatoms.